The van der Waals surface area contributed by atoms with E-state index in [0.717, 1.165) is 18.4 Å². The SMILES string of the molecule is CCCCCCCC(Cl)c1cc(Cl)c(OC)cc1Cl. The zero-order valence-electron chi connectivity index (χ0n) is 11.5. The van der Waals surface area contributed by atoms with E-state index in [9.17, 15) is 0 Å². The van der Waals surface area contributed by atoms with Gasteiger partial charge in [-0.05, 0) is 18.1 Å². The number of benzene rings is 1. The van der Waals surface area contributed by atoms with Gasteiger partial charge in [-0.3, -0.25) is 0 Å². The van der Waals surface area contributed by atoms with E-state index < -0.39 is 0 Å². The van der Waals surface area contributed by atoms with Crippen molar-refractivity contribution in [2.45, 2.75) is 50.8 Å². The van der Waals surface area contributed by atoms with Crippen LogP contribution in [0.15, 0.2) is 12.1 Å². The molecule has 1 nitrogen and oxygen atoms in total. The van der Waals surface area contributed by atoms with E-state index >= 15 is 0 Å². The van der Waals surface area contributed by atoms with Crippen LogP contribution < -0.4 is 4.74 Å². The van der Waals surface area contributed by atoms with Crippen molar-refractivity contribution in [2.24, 2.45) is 0 Å². The number of ether oxygens (including phenoxy) is 1. The lowest BCUT2D eigenvalue weighted by Crippen LogP contribution is -1.94. The highest BCUT2D eigenvalue weighted by Crippen LogP contribution is 2.38. The first-order chi connectivity index (χ1) is 9.10. The van der Waals surface area contributed by atoms with Crippen LogP contribution in [0.2, 0.25) is 10.0 Å². The molecule has 0 aliphatic heterocycles. The van der Waals surface area contributed by atoms with Crippen LogP contribution >= 0.6 is 34.8 Å². The molecule has 0 aliphatic rings. The van der Waals surface area contributed by atoms with Crippen molar-refractivity contribution in [3.63, 3.8) is 0 Å². The van der Waals surface area contributed by atoms with Crippen LogP contribution in [0.1, 0.15) is 56.4 Å². The molecule has 0 saturated heterocycles. The Morgan fingerprint density at radius 1 is 1.05 bits per heavy atom. The molecule has 0 fully saturated rings. The predicted molar refractivity (Wildman–Crippen MR) is 85.0 cm³/mol. The first-order valence-corrected chi connectivity index (χ1v) is 7.96. The number of unbranched alkanes of at least 4 members (excludes halogenated alkanes) is 4. The van der Waals surface area contributed by atoms with E-state index in [1.165, 1.54) is 25.7 Å². The van der Waals surface area contributed by atoms with Crippen LogP contribution in [0.25, 0.3) is 0 Å². The summed E-state index contributed by atoms with van der Waals surface area (Å²) in [5, 5.41) is 1.09. The average Bonchev–Trinajstić information content (AvgIpc) is 2.40. The van der Waals surface area contributed by atoms with Gasteiger partial charge in [0, 0.05) is 11.1 Å². The first-order valence-electron chi connectivity index (χ1n) is 6.77. The van der Waals surface area contributed by atoms with Gasteiger partial charge in [0.15, 0.2) is 0 Å². The van der Waals surface area contributed by atoms with Gasteiger partial charge in [0.1, 0.15) is 5.75 Å². The Morgan fingerprint density at radius 2 is 1.74 bits per heavy atom. The Kier molecular flexibility index (Phi) is 7.97. The molecule has 0 aromatic heterocycles. The van der Waals surface area contributed by atoms with Crippen LogP contribution in [0.5, 0.6) is 5.75 Å². The maximum Gasteiger partial charge on any atom is 0.138 e. The van der Waals surface area contributed by atoms with Gasteiger partial charge >= 0.3 is 0 Å². The van der Waals surface area contributed by atoms with Crippen LogP contribution in [-0.4, -0.2) is 7.11 Å². The van der Waals surface area contributed by atoms with Crippen molar-refractivity contribution in [2.75, 3.05) is 7.11 Å². The lowest BCUT2D eigenvalue weighted by Gasteiger charge is -2.14. The minimum Gasteiger partial charge on any atom is -0.495 e. The molecule has 1 unspecified atom stereocenters. The van der Waals surface area contributed by atoms with Gasteiger partial charge in [-0.1, -0.05) is 62.2 Å². The van der Waals surface area contributed by atoms with Gasteiger partial charge in [-0.25, -0.2) is 0 Å². The molecule has 1 aromatic carbocycles. The van der Waals surface area contributed by atoms with Crippen LogP contribution in [0, 0.1) is 0 Å². The average molecular weight is 324 g/mol. The number of hydrogen-bond donors (Lipinski definition) is 0. The van der Waals surface area contributed by atoms with Crippen molar-refractivity contribution in [1.29, 1.82) is 0 Å². The van der Waals surface area contributed by atoms with Gasteiger partial charge in [0.05, 0.1) is 17.5 Å². The summed E-state index contributed by atoms with van der Waals surface area (Å²) in [5.74, 6) is 0.585. The number of rotatable bonds is 8. The third-order valence-electron chi connectivity index (χ3n) is 3.17. The number of methoxy groups -OCH3 is 1. The lowest BCUT2D eigenvalue weighted by molar-refractivity contribution is 0.415. The van der Waals surface area contributed by atoms with E-state index in [2.05, 4.69) is 6.92 Å². The molecular weight excluding hydrogens is 303 g/mol. The summed E-state index contributed by atoms with van der Waals surface area (Å²) >= 11 is 18.7. The minimum absolute atomic E-state index is 0.0856. The summed E-state index contributed by atoms with van der Waals surface area (Å²) < 4.78 is 5.13. The summed E-state index contributed by atoms with van der Waals surface area (Å²) in [6.45, 7) is 2.21. The lowest BCUT2D eigenvalue weighted by atomic mass is 10.0. The maximum atomic E-state index is 6.41. The summed E-state index contributed by atoms with van der Waals surface area (Å²) in [4.78, 5) is 0. The van der Waals surface area contributed by atoms with Crippen molar-refractivity contribution in [3.05, 3.63) is 27.7 Å². The van der Waals surface area contributed by atoms with E-state index in [1.54, 1.807) is 13.2 Å². The molecule has 19 heavy (non-hydrogen) atoms. The van der Waals surface area contributed by atoms with Crippen molar-refractivity contribution in [3.8, 4) is 5.75 Å². The van der Waals surface area contributed by atoms with E-state index in [-0.39, 0.29) is 5.38 Å². The highest BCUT2D eigenvalue weighted by molar-refractivity contribution is 6.35. The zero-order valence-corrected chi connectivity index (χ0v) is 13.8. The van der Waals surface area contributed by atoms with Crippen LogP contribution in [-0.2, 0) is 0 Å². The standard InChI is InChI=1S/C15H21Cl3O/c1-3-4-5-6-7-8-12(16)11-9-14(18)15(19-2)10-13(11)17/h9-10,12H,3-8H2,1-2H3. The predicted octanol–water partition coefficient (Wildman–Crippen LogP) is 6.64. The van der Waals surface area contributed by atoms with Gasteiger partial charge in [0.25, 0.3) is 0 Å². The maximum absolute atomic E-state index is 6.41. The molecule has 1 atom stereocenters. The van der Waals surface area contributed by atoms with Crippen molar-refractivity contribution >= 4 is 34.8 Å². The zero-order chi connectivity index (χ0) is 14.3. The third kappa shape index (κ3) is 5.41. The molecule has 4 heteroatoms. The summed E-state index contributed by atoms with van der Waals surface area (Å²) in [7, 11) is 1.57. The van der Waals surface area contributed by atoms with Gasteiger partial charge in [0.2, 0.25) is 0 Å². The van der Waals surface area contributed by atoms with Gasteiger partial charge < -0.3 is 4.74 Å². The van der Waals surface area contributed by atoms with Crippen LogP contribution in [0.4, 0.5) is 0 Å². The quantitative estimate of drug-likeness (QED) is 0.385. The Balaban J connectivity index is 2.56. The van der Waals surface area contributed by atoms with E-state index in [1.807, 2.05) is 6.07 Å². The molecule has 0 amide bonds. The smallest absolute Gasteiger partial charge is 0.138 e. The van der Waals surface area contributed by atoms with Crippen molar-refractivity contribution in [1.82, 2.24) is 0 Å². The molecule has 0 heterocycles. The second-order valence-corrected chi connectivity index (χ2v) is 6.02. The van der Waals surface area contributed by atoms with Gasteiger partial charge in [-0.15, -0.1) is 11.6 Å². The Bertz CT molecular complexity index is 393. The summed E-state index contributed by atoms with van der Waals surface area (Å²) in [5.41, 5.74) is 0.893. The molecule has 0 N–H and O–H groups in total. The highest BCUT2D eigenvalue weighted by Gasteiger charge is 2.15. The monoisotopic (exact) mass is 322 g/mol. The van der Waals surface area contributed by atoms with E-state index in [0.29, 0.717) is 15.8 Å². The molecule has 0 bridgehead atoms. The summed E-state index contributed by atoms with van der Waals surface area (Å²) in [6.07, 6.45) is 7.09. The number of halogens is 3. The second-order valence-electron chi connectivity index (χ2n) is 4.68. The minimum atomic E-state index is -0.0856. The first kappa shape index (κ1) is 16.9. The Morgan fingerprint density at radius 3 is 2.37 bits per heavy atom. The molecule has 0 radical (unpaired) electrons. The van der Waals surface area contributed by atoms with Crippen molar-refractivity contribution < 1.29 is 4.74 Å². The second kappa shape index (κ2) is 8.94. The summed E-state index contributed by atoms with van der Waals surface area (Å²) in [6, 6.07) is 3.54. The normalized spacial score (nSPS) is 12.5. The number of alkyl halides is 1. The van der Waals surface area contributed by atoms with Gasteiger partial charge in [-0.2, -0.15) is 0 Å². The molecule has 1 aromatic rings. The fourth-order valence-electron chi connectivity index (χ4n) is 2.02. The molecule has 1 rings (SSSR count). The molecule has 108 valence electrons. The fraction of sp³-hybridized carbons (Fsp3) is 0.600. The third-order valence-corrected chi connectivity index (χ3v) is 4.25. The largest absolute Gasteiger partial charge is 0.495 e. The topological polar surface area (TPSA) is 9.23 Å². The van der Waals surface area contributed by atoms with Crippen LogP contribution in [0.3, 0.4) is 0 Å². The molecule has 0 aliphatic carbocycles. The Hall–Kier alpha value is -0.110. The highest BCUT2D eigenvalue weighted by atomic mass is 35.5. The Labute approximate surface area is 131 Å². The molecular formula is C15H21Cl3O. The van der Waals surface area contributed by atoms with E-state index in [4.69, 9.17) is 39.5 Å². The molecule has 0 saturated carbocycles. The fourth-order valence-corrected chi connectivity index (χ4v) is 2.95. The number of hydrogen-bond acceptors (Lipinski definition) is 1. The molecule has 0 spiro atoms.